The van der Waals surface area contributed by atoms with Crippen molar-refractivity contribution < 1.29 is 75.9 Å². The molecule has 2 aliphatic heterocycles. The highest BCUT2D eigenvalue weighted by atomic mass is 127. The molecule has 2 saturated heterocycles. The third kappa shape index (κ3) is 9.79. The molecule has 0 aromatic rings. The number of likely N-dealkylation sites (N-methyl/N-ethyl adjacent to an activating group) is 2. The molecule has 4 unspecified atom stereocenters. The molecule has 8 heteroatoms. The zero-order valence-electron chi connectivity index (χ0n) is 15.8. The Labute approximate surface area is 181 Å². The quantitative estimate of drug-likeness (QED) is 0.226. The van der Waals surface area contributed by atoms with Gasteiger partial charge in [0.05, 0.1) is 55.5 Å². The summed E-state index contributed by atoms with van der Waals surface area (Å²) in [6, 6.07) is 0. The van der Waals surface area contributed by atoms with Crippen molar-refractivity contribution in [3.05, 3.63) is 0 Å². The Hall–Kier alpha value is 1.22. The molecule has 2 fully saturated rings. The van der Waals surface area contributed by atoms with Gasteiger partial charge in [0, 0.05) is 12.8 Å². The van der Waals surface area contributed by atoms with E-state index in [-0.39, 0.29) is 72.7 Å². The highest BCUT2D eigenvalue weighted by molar-refractivity contribution is 4.69. The number of nitrogens with zero attached hydrogens (tertiary/aromatic N) is 2. The van der Waals surface area contributed by atoms with Crippen LogP contribution in [0.3, 0.4) is 0 Å². The normalized spacial score (nSPS) is 30.8. The van der Waals surface area contributed by atoms with Crippen LogP contribution in [0.15, 0.2) is 0 Å². The third-order valence-electron chi connectivity index (χ3n) is 3.77. The lowest BCUT2D eigenvalue weighted by molar-refractivity contribution is -0.873. The van der Waals surface area contributed by atoms with Crippen LogP contribution in [0, 0.1) is 0 Å². The Morgan fingerprint density at radius 1 is 0.667 bits per heavy atom. The summed E-state index contributed by atoms with van der Waals surface area (Å²) in [4.78, 5) is 0. The van der Waals surface area contributed by atoms with Crippen molar-refractivity contribution in [2.24, 2.45) is 0 Å². The van der Waals surface area contributed by atoms with E-state index in [9.17, 15) is 0 Å². The molecular weight excluding hydrogens is 538 g/mol. The van der Waals surface area contributed by atoms with Gasteiger partial charge >= 0.3 is 0 Å². The van der Waals surface area contributed by atoms with E-state index in [4.69, 9.17) is 18.9 Å². The van der Waals surface area contributed by atoms with E-state index in [0.717, 1.165) is 34.9 Å². The van der Waals surface area contributed by atoms with E-state index in [1.165, 1.54) is 0 Å². The van der Waals surface area contributed by atoms with Crippen molar-refractivity contribution in [1.82, 2.24) is 0 Å². The maximum atomic E-state index is 5.95. The molecule has 0 spiro atoms. The molecule has 2 aliphatic rings. The lowest BCUT2D eigenvalue weighted by Gasteiger charge is -2.26. The van der Waals surface area contributed by atoms with E-state index in [2.05, 4.69) is 42.3 Å². The summed E-state index contributed by atoms with van der Waals surface area (Å²) >= 11 is 0. The first kappa shape index (κ1) is 25.2. The van der Waals surface area contributed by atoms with E-state index in [1.807, 2.05) is 0 Å². The standard InChI is InChI=1S/C16H34N2O4.2HI/c1-17(2,3)9-13-11-19-15(21-13)7-8-16-20-12-14(22-16)10-18(4,5)6;;/h13-16H,7-12H2,1-6H3;2*1H/q+2;;/p-2. The van der Waals surface area contributed by atoms with Crippen LogP contribution in [0.2, 0.25) is 0 Å². The van der Waals surface area contributed by atoms with Gasteiger partial charge < -0.3 is 75.9 Å². The first-order valence-electron chi connectivity index (χ1n) is 8.26. The molecule has 0 aromatic heterocycles. The SMILES string of the molecule is C[N+](C)(C)CC1COC(CCC2OCC(C[N+](C)(C)C)O2)O1.[I-].[I-]. The van der Waals surface area contributed by atoms with Crippen molar-refractivity contribution in [3.63, 3.8) is 0 Å². The molecule has 0 saturated carbocycles. The number of ether oxygens (including phenoxy) is 4. The number of hydrogen-bond donors (Lipinski definition) is 0. The van der Waals surface area contributed by atoms with Crippen molar-refractivity contribution in [2.45, 2.75) is 37.6 Å². The molecule has 24 heavy (non-hydrogen) atoms. The van der Waals surface area contributed by atoms with Crippen LogP contribution >= 0.6 is 0 Å². The van der Waals surface area contributed by atoms with Crippen molar-refractivity contribution >= 4 is 0 Å². The largest absolute Gasteiger partial charge is 1.00 e. The Bertz CT molecular complexity index is 327. The number of quaternary nitrogens is 2. The smallest absolute Gasteiger partial charge is 0.158 e. The van der Waals surface area contributed by atoms with Crippen molar-refractivity contribution in [2.75, 3.05) is 68.6 Å². The minimum absolute atomic E-state index is 0. The van der Waals surface area contributed by atoms with Crippen molar-refractivity contribution in [1.29, 1.82) is 0 Å². The Morgan fingerprint density at radius 3 is 1.29 bits per heavy atom. The maximum Gasteiger partial charge on any atom is 0.158 e. The van der Waals surface area contributed by atoms with Gasteiger partial charge in [0.15, 0.2) is 12.6 Å². The van der Waals surface area contributed by atoms with Crippen molar-refractivity contribution in [3.8, 4) is 0 Å². The fourth-order valence-corrected chi connectivity index (χ4v) is 3.00. The van der Waals surface area contributed by atoms with Gasteiger partial charge in [-0.15, -0.1) is 0 Å². The van der Waals surface area contributed by atoms with Crippen LogP contribution < -0.4 is 48.0 Å². The monoisotopic (exact) mass is 572 g/mol. The summed E-state index contributed by atoms with van der Waals surface area (Å²) in [5, 5.41) is 0. The second-order valence-corrected chi connectivity index (χ2v) is 8.57. The summed E-state index contributed by atoms with van der Waals surface area (Å²) in [5.74, 6) is 0. The first-order chi connectivity index (χ1) is 10.1. The minimum Gasteiger partial charge on any atom is -1.00 e. The summed E-state index contributed by atoms with van der Waals surface area (Å²) in [6.07, 6.45) is 1.83. The second kappa shape index (κ2) is 10.5. The van der Waals surface area contributed by atoms with E-state index in [1.54, 1.807) is 0 Å². The fraction of sp³-hybridized carbons (Fsp3) is 1.00. The highest BCUT2D eigenvalue weighted by Crippen LogP contribution is 2.22. The predicted molar refractivity (Wildman–Crippen MR) is 84.3 cm³/mol. The molecule has 6 nitrogen and oxygen atoms in total. The molecule has 0 aliphatic carbocycles. The summed E-state index contributed by atoms with van der Waals surface area (Å²) < 4.78 is 25.2. The molecule has 2 heterocycles. The topological polar surface area (TPSA) is 36.9 Å². The zero-order valence-corrected chi connectivity index (χ0v) is 20.2. The number of rotatable bonds is 7. The van der Waals surface area contributed by atoms with Gasteiger partial charge in [0.2, 0.25) is 0 Å². The first-order valence-corrected chi connectivity index (χ1v) is 8.26. The zero-order chi connectivity index (χ0) is 16.4. The summed E-state index contributed by atoms with van der Waals surface area (Å²) in [7, 11) is 13.0. The van der Waals surface area contributed by atoms with Gasteiger partial charge in [0.25, 0.3) is 0 Å². The Kier molecular flexibility index (Phi) is 11.1. The summed E-state index contributed by atoms with van der Waals surface area (Å²) in [6.45, 7) is 3.32. The summed E-state index contributed by atoms with van der Waals surface area (Å²) in [5.41, 5.74) is 0. The van der Waals surface area contributed by atoms with Gasteiger partial charge in [-0.1, -0.05) is 0 Å². The number of halogens is 2. The van der Waals surface area contributed by atoms with Gasteiger partial charge in [0.1, 0.15) is 25.3 Å². The molecule has 2 rings (SSSR count). The molecule has 146 valence electrons. The Balaban J connectivity index is 0.00000264. The lowest BCUT2D eigenvalue weighted by Crippen LogP contribution is -3.00. The second-order valence-electron chi connectivity index (χ2n) is 8.57. The molecule has 0 bridgehead atoms. The van der Waals surface area contributed by atoms with Crippen LogP contribution in [0.4, 0.5) is 0 Å². The van der Waals surface area contributed by atoms with Gasteiger partial charge in [-0.2, -0.15) is 0 Å². The van der Waals surface area contributed by atoms with Crippen LogP contribution in [-0.4, -0.2) is 102 Å². The molecule has 0 amide bonds. The average Bonchev–Trinajstić information content (AvgIpc) is 2.92. The Morgan fingerprint density at radius 2 is 1.00 bits per heavy atom. The van der Waals surface area contributed by atoms with Crippen LogP contribution in [0.5, 0.6) is 0 Å². The minimum atomic E-state index is -0.110. The third-order valence-corrected chi connectivity index (χ3v) is 3.77. The molecular formula is C16H34I2N2O4. The van der Waals surface area contributed by atoms with Crippen LogP contribution in [-0.2, 0) is 18.9 Å². The average molecular weight is 572 g/mol. The highest BCUT2D eigenvalue weighted by Gasteiger charge is 2.33. The molecule has 0 N–H and O–H groups in total. The predicted octanol–water partition coefficient (Wildman–Crippen LogP) is -5.33. The molecule has 0 radical (unpaired) electrons. The van der Waals surface area contributed by atoms with E-state index >= 15 is 0 Å². The van der Waals surface area contributed by atoms with Crippen LogP contribution in [0.25, 0.3) is 0 Å². The van der Waals surface area contributed by atoms with Gasteiger partial charge in [-0.05, 0) is 0 Å². The molecule has 0 aromatic carbocycles. The van der Waals surface area contributed by atoms with Gasteiger partial charge in [-0.3, -0.25) is 0 Å². The van der Waals surface area contributed by atoms with E-state index < -0.39 is 0 Å². The maximum absolute atomic E-state index is 5.95. The molecule has 4 atom stereocenters. The van der Waals surface area contributed by atoms with E-state index in [0.29, 0.717) is 13.2 Å². The van der Waals surface area contributed by atoms with Crippen LogP contribution in [0.1, 0.15) is 12.8 Å². The van der Waals surface area contributed by atoms with Gasteiger partial charge in [-0.25, -0.2) is 0 Å². The number of hydrogen-bond acceptors (Lipinski definition) is 4. The lowest BCUT2D eigenvalue weighted by atomic mass is 10.3. The fourth-order valence-electron chi connectivity index (χ4n) is 3.00.